The summed E-state index contributed by atoms with van der Waals surface area (Å²) in [6.07, 6.45) is -9.51. The van der Waals surface area contributed by atoms with Crippen molar-refractivity contribution >= 4 is 5.97 Å². The first-order chi connectivity index (χ1) is 29.1. The lowest BCUT2D eigenvalue weighted by atomic mass is 10.1. The molecule has 0 amide bonds. The van der Waals surface area contributed by atoms with Crippen LogP contribution in [0.3, 0.4) is 0 Å². The minimum absolute atomic E-state index is 0.0194. The fraction of sp³-hybridized carbons (Fsp3) is 0.973. The second-order valence-corrected chi connectivity index (χ2v) is 12.9. The lowest BCUT2D eigenvalue weighted by Crippen LogP contribution is -2.51. The minimum Gasteiger partial charge on any atom is -0.481 e. The summed E-state index contributed by atoms with van der Waals surface area (Å²) in [4.78, 5) is 11.8. The van der Waals surface area contributed by atoms with Crippen LogP contribution in [0, 0.1) is 0 Å². The zero-order valence-corrected chi connectivity index (χ0v) is 35.0. The van der Waals surface area contributed by atoms with Gasteiger partial charge in [-0.05, 0) is 0 Å². The molecule has 0 saturated carbocycles. The molecule has 0 unspecified atom stereocenters. The van der Waals surface area contributed by atoms with Crippen molar-refractivity contribution in [1.29, 1.82) is 0 Å². The third-order valence-electron chi connectivity index (χ3n) is 7.95. The molecule has 0 saturated heterocycles. The number of aliphatic hydroxyl groups is 8. The molecule has 360 valence electrons. The Bertz CT molecular complexity index is 879. The molecule has 0 fully saturated rings. The van der Waals surface area contributed by atoms with Crippen LogP contribution in [0.15, 0.2) is 0 Å². The summed E-state index contributed by atoms with van der Waals surface area (Å²) in [5.41, 5.74) is 0. The molecule has 0 radical (unpaired) electrons. The highest BCUT2D eigenvalue weighted by molar-refractivity contribution is 5.66. The van der Waals surface area contributed by atoms with E-state index in [1.54, 1.807) is 0 Å². The molecule has 0 rings (SSSR count). The summed E-state index contributed by atoms with van der Waals surface area (Å²) in [5.74, 6) is -0.889. The molecule has 0 heterocycles. The van der Waals surface area contributed by atoms with E-state index in [-0.39, 0.29) is 52.5 Å². The molecule has 0 aliphatic rings. The molecule has 0 bridgehead atoms. The van der Waals surface area contributed by atoms with Crippen molar-refractivity contribution in [2.75, 3.05) is 191 Å². The van der Waals surface area contributed by atoms with E-state index in [0.717, 1.165) is 0 Å². The molecule has 0 spiro atoms. The van der Waals surface area contributed by atoms with Gasteiger partial charge in [-0.1, -0.05) is 0 Å². The summed E-state index contributed by atoms with van der Waals surface area (Å²) in [6.45, 7) is 7.22. The first kappa shape index (κ1) is 58.6. The van der Waals surface area contributed by atoms with Gasteiger partial charge in [0, 0.05) is 19.6 Å². The third-order valence-corrected chi connectivity index (χ3v) is 7.95. The van der Waals surface area contributed by atoms with Crippen molar-refractivity contribution in [3.05, 3.63) is 0 Å². The van der Waals surface area contributed by atoms with E-state index in [2.05, 4.69) is 0 Å². The van der Waals surface area contributed by atoms with Crippen LogP contribution < -0.4 is 0 Å². The molecule has 0 aromatic rings. The molecule has 9 N–H and O–H groups in total. The second-order valence-electron chi connectivity index (χ2n) is 12.9. The average Bonchev–Trinajstić information content (AvgIpc) is 3.24. The number of hydrogen-bond acceptors (Lipinski definition) is 22. The molecule has 0 aliphatic heterocycles. The zero-order valence-electron chi connectivity index (χ0n) is 35.0. The molecule has 0 aromatic heterocycles. The highest BCUT2D eigenvalue weighted by atomic mass is 16.6. The fourth-order valence-corrected chi connectivity index (χ4v) is 4.61. The Labute approximate surface area is 352 Å². The molecule has 6 atom stereocenters. The lowest BCUT2D eigenvalue weighted by Gasteiger charge is -2.32. The Hall–Kier alpha value is -1.37. The smallest absolute Gasteiger partial charge is 0.305 e. The Kier molecular flexibility index (Phi) is 43.2. The van der Waals surface area contributed by atoms with Crippen molar-refractivity contribution in [1.82, 2.24) is 4.90 Å². The van der Waals surface area contributed by atoms with E-state index in [0.29, 0.717) is 132 Å². The van der Waals surface area contributed by atoms with Gasteiger partial charge in [-0.15, -0.1) is 0 Å². The van der Waals surface area contributed by atoms with Crippen molar-refractivity contribution in [3.63, 3.8) is 0 Å². The van der Waals surface area contributed by atoms with Gasteiger partial charge in [-0.2, -0.15) is 0 Å². The van der Waals surface area contributed by atoms with Crippen LogP contribution in [0.5, 0.6) is 0 Å². The number of aliphatic hydroxyl groups excluding tert-OH is 8. The Morgan fingerprint density at radius 3 is 0.783 bits per heavy atom. The molecule has 0 aromatic carbocycles. The monoisotopic (exact) mass is 885 g/mol. The summed E-state index contributed by atoms with van der Waals surface area (Å²) in [7, 11) is 0. The van der Waals surface area contributed by atoms with Crippen LogP contribution >= 0.6 is 0 Å². The minimum atomic E-state index is -1.66. The van der Waals surface area contributed by atoms with E-state index in [1.165, 1.54) is 4.90 Å². The van der Waals surface area contributed by atoms with Crippen LogP contribution in [0.1, 0.15) is 6.42 Å². The van der Waals surface area contributed by atoms with Crippen molar-refractivity contribution < 1.29 is 108 Å². The number of nitrogens with zero attached hydrogens (tertiary/aromatic N) is 1. The normalized spacial score (nSPS) is 15.0. The van der Waals surface area contributed by atoms with E-state index in [9.17, 15) is 35.4 Å². The van der Waals surface area contributed by atoms with Gasteiger partial charge in [0.05, 0.1) is 190 Å². The number of rotatable bonds is 49. The predicted molar refractivity (Wildman–Crippen MR) is 209 cm³/mol. The zero-order chi connectivity index (χ0) is 44.3. The highest BCUT2D eigenvalue weighted by Gasteiger charge is 2.30. The van der Waals surface area contributed by atoms with Gasteiger partial charge in [0.2, 0.25) is 0 Å². The van der Waals surface area contributed by atoms with Gasteiger partial charge in [0.15, 0.2) is 0 Å². The van der Waals surface area contributed by atoms with Crippen LogP contribution in [0.25, 0.3) is 0 Å². The van der Waals surface area contributed by atoms with Gasteiger partial charge in [-0.3, -0.25) is 9.69 Å². The van der Waals surface area contributed by atoms with Crippen LogP contribution in [0.4, 0.5) is 0 Å². The number of carbonyl (C=O) groups is 1. The summed E-state index contributed by atoms with van der Waals surface area (Å²) in [6, 6.07) is 0. The number of ether oxygens (including phenoxy) is 12. The first-order valence-corrected chi connectivity index (χ1v) is 20.3. The Morgan fingerprint density at radius 2 is 0.567 bits per heavy atom. The van der Waals surface area contributed by atoms with Crippen LogP contribution in [-0.4, -0.2) is 285 Å². The maximum Gasteiger partial charge on any atom is 0.305 e. The maximum atomic E-state index is 10.4. The summed E-state index contributed by atoms with van der Waals surface area (Å²) < 4.78 is 65.0. The largest absolute Gasteiger partial charge is 0.481 e. The molecular weight excluding hydrogens is 810 g/mol. The van der Waals surface area contributed by atoms with Gasteiger partial charge in [0.1, 0.15) is 24.4 Å². The van der Waals surface area contributed by atoms with Crippen molar-refractivity contribution in [3.8, 4) is 0 Å². The van der Waals surface area contributed by atoms with Crippen molar-refractivity contribution in [2.24, 2.45) is 0 Å². The van der Waals surface area contributed by atoms with Gasteiger partial charge in [0.25, 0.3) is 0 Å². The Morgan fingerprint density at radius 1 is 0.350 bits per heavy atom. The number of hydrogen-bond donors (Lipinski definition) is 9. The van der Waals surface area contributed by atoms with Crippen molar-refractivity contribution in [2.45, 2.75) is 43.0 Å². The van der Waals surface area contributed by atoms with E-state index >= 15 is 0 Å². The standard InChI is InChI=1S/C37H75NO22/c39-29-33(43)36(47)31(41)27-38(28-32(42)37(48)34(44)30-40)2-4-50-6-8-52-10-12-54-14-16-56-18-20-58-22-24-60-26-25-59-23-21-57-19-17-55-15-13-53-11-9-51-7-5-49-3-1-35(45)46/h31-34,36-37,39-44,47-48H,1-30H2,(H,45,46)/t31-,32-,33+,34+,36+,37+/m0/s1. The average molecular weight is 886 g/mol. The fourth-order valence-electron chi connectivity index (χ4n) is 4.61. The Balaban J connectivity index is 3.50. The molecular formula is C37H75NO22. The van der Waals surface area contributed by atoms with Crippen LogP contribution in [-0.2, 0) is 61.6 Å². The van der Waals surface area contributed by atoms with E-state index < -0.39 is 55.8 Å². The topological polar surface area (TPSA) is 313 Å². The van der Waals surface area contributed by atoms with Gasteiger partial charge < -0.3 is 103 Å². The molecule has 23 nitrogen and oxygen atoms in total. The van der Waals surface area contributed by atoms with Gasteiger partial charge in [-0.25, -0.2) is 0 Å². The number of carboxylic acids is 1. The SMILES string of the molecule is O=C(O)CCOCCOCCOCCOCCOCCOCCOCCOCCOCCOCCOCCOCCN(C[C@H](O)[C@@H](O)[C@H](O)CO)C[C@H](O)[C@@H](O)[C@H](O)CO. The highest BCUT2D eigenvalue weighted by Crippen LogP contribution is 2.07. The quantitative estimate of drug-likeness (QED) is 0.0259. The maximum absolute atomic E-state index is 10.4. The number of aliphatic carboxylic acids is 1. The van der Waals surface area contributed by atoms with Crippen LogP contribution in [0.2, 0.25) is 0 Å². The van der Waals surface area contributed by atoms with E-state index in [1.807, 2.05) is 0 Å². The number of carboxylic acid groups (broad SMARTS) is 1. The molecule has 60 heavy (non-hydrogen) atoms. The second kappa shape index (κ2) is 44.2. The first-order valence-electron chi connectivity index (χ1n) is 20.3. The predicted octanol–water partition coefficient (Wildman–Crippen LogP) is -4.89. The summed E-state index contributed by atoms with van der Waals surface area (Å²) in [5, 5.41) is 86.1. The lowest BCUT2D eigenvalue weighted by molar-refractivity contribution is -0.138. The van der Waals surface area contributed by atoms with Gasteiger partial charge >= 0.3 is 5.97 Å². The molecule has 0 aliphatic carbocycles. The third kappa shape index (κ3) is 38.3. The molecule has 23 heteroatoms. The summed E-state index contributed by atoms with van der Waals surface area (Å²) >= 11 is 0. The van der Waals surface area contributed by atoms with E-state index in [4.69, 9.17) is 72.2 Å².